The summed E-state index contributed by atoms with van der Waals surface area (Å²) in [4.78, 5) is 26.2. The highest BCUT2D eigenvalue weighted by Crippen LogP contribution is 2.21. The molecule has 0 aromatic heterocycles. The first-order valence-electron chi connectivity index (χ1n) is 10.1. The first kappa shape index (κ1) is 22.0. The van der Waals surface area contributed by atoms with E-state index in [0.29, 0.717) is 31.6 Å². The molecule has 7 nitrogen and oxygen atoms in total. The largest absolute Gasteiger partial charge is 0.348 e. The van der Waals surface area contributed by atoms with E-state index >= 15 is 0 Å². The van der Waals surface area contributed by atoms with Crippen molar-refractivity contribution in [2.45, 2.75) is 38.1 Å². The Morgan fingerprint density at radius 2 is 1.67 bits per heavy atom. The van der Waals surface area contributed by atoms with Crippen LogP contribution >= 0.6 is 0 Å². The summed E-state index contributed by atoms with van der Waals surface area (Å²) in [5.41, 5.74) is 2.12. The van der Waals surface area contributed by atoms with E-state index in [1.54, 1.807) is 67.3 Å². The summed E-state index contributed by atoms with van der Waals surface area (Å²) in [7, 11) is -3.49. The number of anilines is 1. The number of hydrogen-bond acceptors (Lipinski definition) is 4. The van der Waals surface area contributed by atoms with Crippen LogP contribution < -0.4 is 10.2 Å². The van der Waals surface area contributed by atoms with Gasteiger partial charge in [-0.25, -0.2) is 8.42 Å². The maximum absolute atomic E-state index is 12.5. The predicted octanol–water partition coefficient (Wildman–Crippen LogP) is 2.77. The maximum atomic E-state index is 12.5. The summed E-state index contributed by atoms with van der Waals surface area (Å²) >= 11 is 0. The molecule has 0 spiro atoms. The second kappa shape index (κ2) is 9.40. The van der Waals surface area contributed by atoms with Gasteiger partial charge in [-0.1, -0.05) is 26.0 Å². The number of nitrogens with zero attached hydrogens (tertiary/aromatic N) is 2. The van der Waals surface area contributed by atoms with Crippen LogP contribution in [0.3, 0.4) is 0 Å². The van der Waals surface area contributed by atoms with Gasteiger partial charge in [0.2, 0.25) is 15.9 Å². The number of hydrogen-bond donors (Lipinski definition) is 1. The molecular weight excluding hydrogens is 402 g/mol. The monoisotopic (exact) mass is 429 g/mol. The maximum Gasteiger partial charge on any atom is 0.251 e. The zero-order valence-electron chi connectivity index (χ0n) is 17.3. The minimum atomic E-state index is -3.49. The molecule has 30 heavy (non-hydrogen) atoms. The molecule has 2 amide bonds. The number of benzene rings is 2. The number of carbonyl (C=O) groups excluding carboxylic acids is 2. The molecule has 1 saturated heterocycles. The smallest absolute Gasteiger partial charge is 0.251 e. The van der Waals surface area contributed by atoms with Gasteiger partial charge in [-0.3, -0.25) is 9.59 Å². The lowest BCUT2D eigenvalue weighted by Gasteiger charge is -2.18. The summed E-state index contributed by atoms with van der Waals surface area (Å²) in [5.74, 6) is -0.118. The number of carbonyl (C=O) groups is 2. The van der Waals surface area contributed by atoms with Crippen LogP contribution in [0.4, 0.5) is 5.69 Å². The molecule has 1 aliphatic heterocycles. The van der Waals surface area contributed by atoms with Gasteiger partial charge in [-0.05, 0) is 48.4 Å². The number of nitrogens with one attached hydrogen (secondary N) is 1. The average molecular weight is 430 g/mol. The topological polar surface area (TPSA) is 86.8 Å². The number of amides is 2. The molecule has 1 fully saturated rings. The highest BCUT2D eigenvalue weighted by molar-refractivity contribution is 7.89. The Kier molecular flexibility index (Phi) is 6.89. The van der Waals surface area contributed by atoms with Crippen LogP contribution in [0.1, 0.15) is 42.6 Å². The Labute approximate surface area is 177 Å². The third-order valence-corrected chi connectivity index (χ3v) is 7.30. The van der Waals surface area contributed by atoms with Gasteiger partial charge in [0.25, 0.3) is 5.91 Å². The van der Waals surface area contributed by atoms with Crippen molar-refractivity contribution in [1.29, 1.82) is 0 Å². The summed E-state index contributed by atoms with van der Waals surface area (Å²) in [5, 5.41) is 2.84. The Hall–Kier alpha value is -2.71. The van der Waals surface area contributed by atoms with Crippen LogP contribution in [-0.2, 0) is 21.4 Å². The molecule has 8 heteroatoms. The molecule has 0 unspecified atom stereocenters. The first-order valence-corrected chi connectivity index (χ1v) is 11.6. The normalized spacial score (nSPS) is 14.4. The first-order chi connectivity index (χ1) is 14.4. The molecule has 0 saturated carbocycles. The summed E-state index contributed by atoms with van der Waals surface area (Å²) in [6, 6.07) is 13.5. The van der Waals surface area contributed by atoms with Gasteiger partial charge in [0.15, 0.2) is 0 Å². The van der Waals surface area contributed by atoms with Crippen molar-refractivity contribution in [2.75, 3.05) is 24.5 Å². The lowest BCUT2D eigenvalue weighted by atomic mass is 10.1. The molecule has 0 radical (unpaired) electrons. The zero-order chi connectivity index (χ0) is 21.7. The molecule has 1 aliphatic rings. The average Bonchev–Trinajstić information content (AvgIpc) is 3.19. The fourth-order valence-corrected chi connectivity index (χ4v) is 4.95. The quantitative estimate of drug-likeness (QED) is 0.699. The van der Waals surface area contributed by atoms with Crippen LogP contribution in [0.15, 0.2) is 53.4 Å². The van der Waals surface area contributed by atoms with Gasteiger partial charge in [-0.15, -0.1) is 0 Å². The molecule has 1 N–H and O–H groups in total. The van der Waals surface area contributed by atoms with Crippen LogP contribution in [0.5, 0.6) is 0 Å². The van der Waals surface area contributed by atoms with Crippen molar-refractivity contribution >= 4 is 27.5 Å². The molecule has 2 aromatic carbocycles. The minimum absolute atomic E-state index is 0.110. The number of rotatable bonds is 8. The van der Waals surface area contributed by atoms with Crippen LogP contribution in [0, 0.1) is 0 Å². The van der Waals surface area contributed by atoms with Gasteiger partial charge in [-0.2, -0.15) is 4.31 Å². The van der Waals surface area contributed by atoms with Crippen molar-refractivity contribution in [3.8, 4) is 0 Å². The van der Waals surface area contributed by atoms with E-state index in [2.05, 4.69) is 5.32 Å². The van der Waals surface area contributed by atoms with Gasteiger partial charge in [0, 0.05) is 43.9 Å². The van der Waals surface area contributed by atoms with Crippen LogP contribution in [-0.4, -0.2) is 44.2 Å². The van der Waals surface area contributed by atoms with E-state index in [1.165, 1.54) is 4.31 Å². The van der Waals surface area contributed by atoms with Crippen LogP contribution in [0.2, 0.25) is 0 Å². The Bertz CT molecular complexity index is 998. The third kappa shape index (κ3) is 4.71. The van der Waals surface area contributed by atoms with Gasteiger partial charge < -0.3 is 10.2 Å². The number of sulfonamides is 1. The fraction of sp³-hybridized carbons (Fsp3) is 0.364. The third-order valence-electron chi connectivity index (χ3n) is 5.23. The molecule has 1 heterocycles. The van der Waals surface area contributed by atoms with Crippen molar-refractivity contribution in [3.05, 3.63) is 59.7 Å². The van der Waals surface area contributed by atoms with E-state index in [4.69, 9.17) is 0 Å². The molecule has 160 valence electrons. The highest BCUT2D eigenvalue weighted by atomic mass is 32.2. The van der Waals surface area contributed by atoms with Crippen LogP contribution in [0.25, 0.3) is 0 Å². The minimum Gasteiger partial charge on any atom is -0.348 e. The lowest BCUT2D eigenvalue weighted by molar-refractivity contribution is -0.117. The summed E-state index contributed by atoms with van der Waals surface area (Å²) < 4.78 is 26.5. The van der Waals surface area contributed by atoms with E-state index in [1.807, 2.05) is 0 Å². The predicted molar refractivity (Wildman–Crippen MR) is 116 cm³/mol. The van der Waals surface area contributed by atoms with Crippen molar-refractivity contribution in [1.82, 2.24) is 9.62 Å². The fourth-order valence-electron chi connectivity index (χ4n) is 3.49. The van der Waals surface area contributed by atoms with E-state index < -0.39 is 10.0 Å². The van der Waals surface area contributed by atoms with Crippen molar-refractivity contribution in [3.63, 3.8) is 0 Å². The summed E-state index contributed by atoms with van der Waals surface area (Å²) in [6.07, 6.45) is 1.42. The molecule has 0 aliphatic carbocycles. The molecule has 3 rings (SSSR count). The Balaban J connectivity index is 1.60. The lowest BCUT2D eigenvalue weighted by Crippen LogP contribution is -2.30. The Morgan fingerprint density at radius 1 is 1.03 bits per heavy atom. The van der Waals surface area contributed by atoms with E-state index in [-0.39, 0.29) is 23.3 Å². The molecule has 0 atom stereocenters. The van der Waals surface area contributed by atoms with Gasteiger partial charge in [0.05, 0.1) is 4.90 Å². The highest BCUT2D eigenvalue weighted by Gasteiger charge is 2.22. The van der Waals surface area contributed by atoms with E-state index in [9.17, 15) is 18.0 Å². The van der Waals surface area contributed by atoms with Gasteiger partial charge >= 0.3 is 0 Å². The molecule has 2 aromatic rings. The van der Waals surface area contributed by atoms with Crippen molar-refractivity contribution in [2.24, 2.45) is 0 Å². The molecular formula is C22H27N3O4S. The van der Waals surface area contributed by atoms with Gasteiger partial charge in [0.1, 0.15) is 0 Å². The second-order valence-electron chi connectivity index (χ2n) is 7.11. The van der Waals surface area contributed by atoms with Crippen molar-refractivity contribution < 1.29 is 18.0 Å². The SMILES string of the molecule is CCN(CC)S(=O)(=O)c1ccc(CNC(=O)c2ccc(N3CCCC3=O)cc2)cc1. The standard InChI is InChI=1S/C22H27N3O4S/c1-3-24(4-2)30(28,29)20-13-7-17(8-14-20)16-23-22(27)18-9-11-19(12-10-18)25-15-5-6-21(25)26/h7-14H,3-6,15-16H2,1-2H3,(H,23,27). The molecule has 0 bridgehead atoms. The second-order valence-corrected chi connectivity index (χ2v) is 9.05. The zero-order valence-corrected chi connectivity index (χ0v) is 18.1. The Morgan fingerprint density at radius 3 is 2.20 bits per heavy atom. The summed E-state index contributed by atoms with van der Waals surface area (Å²) in [6.45, 7) is 5.45. The van der Waals surface area contributed by atoms with E-state index in [0.717, 1.165) is 17.7 Å².